The van der Waals surface area contributed by atoms with Gasteiger partial charge in [-0.3, -0.25) is 4.90 Å². The number of hydrogen-bond donors (Lipinski definition) is 1. The molecule has 0 bridgehead atoms. The zero-order chi connectivity index (χ0) is 11.4. The SMILES string of the molecule is CC1CN(C(C)CCN(C)C)C(C)CN1. The minimum atomic E-state index is 0.642. The summed E-state index contributed by atoms with van der Waals surface area (Å²) in [6, 6.07) is 2.02. The largest absolute Gasteiger partial charge is 0.311 e. The van der Waals surface area contributed by atoms with Crippen molar-refractivity contribution in [3.05, 3.63) is 0 Å². The summed E-state index contributed by atoms with van der Waals surface area (Å²) in [6.45, 7) is 10.5. The van der Waals surface area contributed by atoms with Crippen molar-refractivity contribution in [1.82, 2.24) is 15.1 Å². The minimum absolute atomic E-state index is 0.642. The van der Waals surface area contributed by atoms with E-state index in [1.165, 1.54) is 19.5 Å². The van der Waals surface area contributed by atoms with Crippen LogP contribution in [0.3, 0.4) is 0 Å². The van der Waals surface area contributed by atoms with Gasteiger partial charge in [0.15, 0.2) is 0 Å². The normalized spacial score (nSPS) is 30.8. The van der Waals surface area contributed by atoms with Gasteiger partial charge in [-0.15, -0.1) is 0 Å². The van der Waals surface area contributed by atoms with Gasteiger partial charge in [0.25, 0.3) is 0 Å². The van der Waals surface area contributed by atoms with E-state index in [9.17, 15) is 0 Å². The maximum Gasteiger partial charge on any atom is 0.0195 e. The lowest BCUT2D eigenvalue weighted by molar-refractivity contribution is 0.0945. The van der Waals surface area contributed by atoms with Crippen LogP contribution in [0.5, 0.6) is 0 Å². The van der Waals surface area contributed by atoms with Gasteiger partial charge in [0.05, 0.1) is 0 Å². The van der Waals surface area contributed by atoms with Crippen molar-refractivity contribution in [3.63, 3.8) is 0 Å². The number of hydrogen-bond acceptors (Lipinski definition) is 3. The molecule has 1 heterocycles. The quantitative estimate of drug-likeness (QED) is 0.752. The highest BCUT2D eigenvalue weighted by molar-refractivity contribution is 4.84. The fourth-order valence-corrected chi connectivity index (χ4v) is 2.27. The van der Waals surface area contributed by atoms with Crippen LogP contribution in [0.1, 0.15) is 27.2 Å². The molecule has 1 aliphatic rings. The highest BCUT2D eigenvalue weighted by atomic mass is 15.2. The van der Waals surface area contributed by atoms with Crippen LogP contribution in [0.4, 0.5) is 0 Å². The van der Waals surface area contributed by atoms with Crippen molar-refractivity contribution in [2.45, 2.75) is 45.3 Å². The molecule has 1 fully saturated rings. The smallest absolute Gasteiger partial charge is 0.0195 e. The lowest BCUT2D eigenvalue weighted by Crippen LogP contribution is -2.57. The Morgan fingerprint density at radius 3 is 2.67 bits per heavy atom. The second-order valence-corrected chi connectivity index (χ2v) is 5.30. The molecule has 1 N–H and O–H groups in total. The molecule has 0 aliphatic carbocycles. The second kappa shape index (κ2) is 5.83. The zero-order valence-electron chi connectivity index (χ0n) is 11.0. The van der Waals surface area contributed by atoms with Crippen molar-refractivity contribution in [2.24, 2.45) is 0 Å². The van der Waals surface area contributed by atoms with E-state index in [1.54, 1.807) is 0 Å². The van der Waals surface area contributed by atoms with Gasteiger partial charge in [0.2, 0.25) is 0 Å². The van der Waals surface area contributed by atoms with Crippen LogP contribution in [-0.4, -0.2) is 61.7 Å². The van der Waals surface area contributed by atoms with E-state index < -0.39 is 0 Å². The highest BCUT2D eigenvalue weighted by Gasteiger charge is 2.25. The van der Waals surface area contributed by atoms with E-state index in [-0.39, 0.29) is 0 Å². The van der Waals surface area contributed by atoms with E-state index in [0.717, 1.165) is 6.54 Å². The molecular formula is C12H27N3. The minimum Gasteiger partial charge on any atom is -0.311 e. The van der Waals surface area contributed by atoms with Crippen LogP contribution in [0.25, 0.3) is 0 Å². The van der Waals surface area contributed by atoms with Crippen molar-refractivity contribution >= 4 is 0 Å². The Kier molecular flexibility index (Phi) is 5.03. The van der Waals surface area contributed by atoms with E-state index >= 15 is 0 Å². The van der Waals surface area contributed by atoms with E-state index in [4.69, 9.17) is 0 Å². The number of nitrogens with one attached hydrogen (secondary N) is 1. The topological polar surface area (TPSA) is 18.5 Å². The van der Waals surface area contributed by atoms with E-state index in [2.05, 4.69) is 50.0 Å². The Balaban J connectivity index is 2.38. The molecule has 0 aromatic heterocycles. The molecule has 0 aromatic carbocycles. The van der Waals surface area contributed by atoms with Gasteiger partial charge in [-0.1, -0.05) is 0 Å². The molecule has 3 unspecified atom stereocenters. The molecule has 0 amide bonds. The molecule has 1 rings (SSSR count). The van der Waals surface area contributed by atoms with E-state index in [0.29, 0.717) is 18.1 Å². The zero-order valence-corrected chi connectivity index (χ0v) is 11.0. The molecule has 90 valence electrons. The summed E-state index contributed by atoms with van der Waals surface area (Å²) in [7, 11) is 4.30. The molecule has 3 heteroatoms. The van der Waals surface area contributed by atoms with Crippen molar-refractivity contribution in [1.29, 1.82) is 0 Å². The number of nitrogens with zero attached hydrogens (tertiary/aromatic N) is 2. The van der Waals surface area contributed by atoms with Gasteiger partial charge in [-0.25, -0.2) is 0 Å². The summed E-state index contributed by atoms with van der Waals surface area (Å²) in [4.78, 5) is 4.91. The Labute approximate surface area is 94.8 Å². The standard InChI is InChI=1S/C12H27N3/c1-10-9-15(12(3)8-13-10)11(2)6-7-14(4)5/h10-13H,6-9H2,1-5H3. The highest BCUT2D eigenvalue weighted by Crippen LogP contribution is 2.13. The summed E-state index contributed by atoms with van der Waals surface area (Å²) in [5, 5.41) is 3.53. The maximum atomic E-state index is 3.53. The molecule has 1 aliphatic heterocycles. The predicted octanol–water partition coefficient (Wildman–Crippen LogP) is 1.01. The molecule has 0 aromatic rings. The maximum absolute atomic E-state index is 3.53. The fraction of sp³-hybridized carbons (Fsp3) is 1.00. The summed E-state index contributed by atoms with van der Waals surface area (Å²) in [5.41, 5.74) is 0. The van der Waals surface area contributed by atoms with Crippen LogP contribution in [0.2, 0.25) is 0 Å². The van der Waals surface area contributed by atoms with Crippen molar-refractivity contribution in [3.8, 4) is 0 Å². The van der Waals surface area contributed by atoms with Gasteiger partial charge in [0, 0.05) is 31.2 Å². The lowest BCUT2D eigenvalue weighted by Gasteiger charge is -2.41. The molecule has 1 saturated heterocycles. The Hall–Kier alpha value is -0.120. The monoisotopic (exact) mass is 213 g/mol. The molecule has 3 nitrogen and oxygen atoms in total. The van der Waals surface area contributed by atoms with Crippen LogP contribution >= 0.6 is 0 Å². The second-order valence-electron chi connectivity index (χ2n) is 5.30. The molecule has 0 spiro atoms. The van der Waals surface area contributed by atoms with Gasteiger partial charge in [0.1, 0.15) is 0 Å². The van der Waals surface area contributed by atoms with Crippen LogP contribution in [-0.2, 0) is 0 Å². The molecule has 15 heavy (non-hydrogen) atoms. The Morgan fingerprint density at radius 2 is 2.07 bits per heavy atom. The molecule has 0 saturated carbocycles. The van der Waals surface area contributed by atoms with Crippen molar-refractivity contribution < 1.29 is 0 Å². The average Bonchev–Trinajstić information content (AvgIpc) is 2.18. The molecule has 0 radical (unpaired) electrons. The van der Waals surface area contributed by atoms with Gasteiger partial charge in [-0.05, 0) is 47.8 Å². The fourth-order valence-electron chi connectivity index (χ4n) is 2.27. The molecular weight excluding hydrogens is 186 g/mol. The van der Waals surface area contributed by atoms with Gasteiger partial charge >= 0.3 is 0 Å². The predicted molar refractivity (Wildman–Crippen MR) is 66.3 cm³/mol. The van der Waals surface area contributed by atoms with Crippen LogP contribution in [0.15, 0.2) is 0 Å². The van der Waals surface area contributed by atoms with Crippen molar-refractivity contribution in [2.75, 3.05) is 33.7 Å². The van der Waals surface area contributed by atoms with Crippen LogP contribution < -0.4 is 5.32 Å². The first-order chi connectivity index (χ1) is 7.00. The third-order valence-corrected chi connectivity index (χ3v) is 3.37. The lowest BCUT2D eigenvalue weighted by atomic mass is 10.1. The Morgan fingerprint density at radius 1 is 1.40 bits per heavy atom. The van der Waals surface area contributed by atoms with Crippen LogP contribution in [0, 0.1) is 0 Å². The Bertz CT molecular complexity index is 182. The first-order valence-electron chi connectivity index (χ1n) is 6.14. The van der Waals surface area contributed by atoms with E-state index in [1.807, 2.05) is 0 Å². The number of piperazine rings is 1. The van der Waals surface area contributed by atoms with Gasteiger partial charge < -0.3 is 10.2 Å². The third-order valence-electron chi connectivity index (χ3n) is 3.37. The summed E-state index contributed by atoms with van der Waals surface area (Å²) >= 11 is 0. The third kappa shape index (κ3) is 4.09. The number of rotatable bonds is 4. The average molecular weight is 213 g/mol. The summed E-state index contributed by atoms with van der Waals surface area (Å²) in [5.74, 6) is 0. The van der Waals surface area contributed by atoms with Gasteiger partial charge in [-0.2, -0.15) is 0 Å². The summed E-state index contributed by atoms with van der Waals surface area (Å²) < 4.78 is 0. The first-order valence-corrected chi connectivity index (χ1v) is 6.14. The summed E-state index contributed by atoms with van der Waals surface area (Å²) in [6.07, 6.45) is 1.27. The first kappa shape index (κ1) is 12.9. The molecule has 3 atom stereocenters.